The zero-order valence-corrected chi connectivity index (χ0v) is 17.0. The predicted octanol–water partition coefficient (Wildman–Crippen LogP) is 3.81. The molecule has 0 fully saturated rings. The fraction of sp³-hybridized carbons (Fsp3) is 0.174. The van der Waals surface area contributed by atoms with Crippen LogP contribution in [0.5, 0.6) is 0 Å². The number of benzene rings is 2. The van der Waals surface area contributed by atoms with Gasteiger partial charge in [0.15, 0.2) is 0 Å². The Morgan fingerprint density at radius 3 is 2.45 bits per heavy atom. The minimum Gasteiger partial charge on any atom is -0.355 e. The van der Waals surface area contributed by atoms with Gasteiger partial charge >= 0.3 is 0 Å². The quantitative estimate of drug-likeness (QED) is 0.653. The predicted molar refractivity (Wildman–Crippen MR) is 115 cm³/mol. The number of hydrogen-bond acceptors (Lipinski definition) is 3. The average molecular weight is 388 g/mol. The van der Waals surface area contributed by atoms with E-state index in [-0.39, 0.29) is 11.8 Å². The first kappa shape index (κ1) is 20.1. The van der Waals surface area contributed by atoms with Gasteiger partial charge in [0, 0.05) is 35.6 Å². The van der Waals surface area contributed by atoms with Crippen molar-refractivity contribution in [2.24, 2.45) is 0 Å². The number of aromatic nitrogens is 2. The molecule has 0 bridgehead atoms. The summed E-state index contributed by atoms with van der Waals surface area (Å²) in [5.74, 6) is -0.468. The molecule has 0 aliphatic carbocycles. The Hall–Kier alpha value is -3.67. The van der Waals surface area contributed by atoms with Crippen molar-refractivity contribution < 1.29 is 9.59 Å². The molecule has 0 saturated carbocycles. The molecule has 29 heavy (non-hydrogen) atoms. The lowest BCUT2D eigenvalue weighted by Crippen LogP contribution is -2.18. The van der Waals surface area contributed by atoms with Crippen molar-refractivity contribution in [2.45, 2.75) is 20.8 Å². The van der Waals surface area contributed by atoms with Crippen molar-refractivity contribution in [3.63, 3.8) is 0 Å². The van der Waals surface area contributed by atoms with Gasteiger partial charge in [-0.2, -0.15) is 5.10 Å². The number of anilines is 1. The number of aryl methyl sites for hydroxylation is 2. The van der Waals surface area contributed by atoms with Crippen LogP contribution in [-0.4, -0.2) is 28.6 Å². The molecule has 0 radical (unpaired) electrons. The third kappa shape index (κ3) is 4.43. The van der Waals surface area contributed by atoms with Crippen LogP contribution in [0.4, 0.5) is 5.69 Å². The van der Waals surface area contributed by atoms with Crippen LogP contribution < -0.4 is 10.6 Å². The van der Waals surface area contributed by atoms with Crippen LogP contribution in [0, 0.1) is 20.8 Å². The van der Waals surface area contributed by atoms with Gasteiger partial charge in [-0.15, -0.1) is 0 Å². The van der Waals surface area contributed by atoms with Crippen LogP contribution in [0.15, 0.2) is 54.6 Å². The highest BCUT2D eigenvalue weighted by Gasteiger charge is 2.12. The molecule has 6 nitrogen and oxygen atoms in total. The van der Waals surface area contributed by atoms with Crippen molar-refractivity contribution in [3.05, 3.63) is 82.7 Å². The monoisotopic (exact) mass is 388 g/mol. The van der Waals surface area contributed by atoms with E-state index in [9.17, 15) is 9.59 Å². The molecule has 2 aromatic carbocycles. The molecule has 1 heterocycles. The zero-order chi connectivity index (χ0) is 21.0. The molecule has 0 aliphatic rings. The molecule has 0 spiro atoms. The SMILES string of the molecule is CNC(=O)c1ccc(C)c(NC(=O)/C=C/c2c(C)nn(-c3ccccc3)c2C)c1. The summed E-state index contributed by atoms with van der Waals surface area (Å²) in [5, 5.41) is 10.0. The normalized spacial score (nSPS) is 10.9. The molecule has 3 aromatic rings. The van der Waals surface area contributed by atoms with Gasteiger partial charge in [-0.25, -0.2) is 4.68 Å². The van der Waals surface area contributed by atoms with Gasteiger partial charge in [-0.1, -0.05) is 24.3 Å². The van der Waals surface area contributed by atoms with E-state index in [0.717, 1.165) is 28.2 Å². The Kier molecular flexibility index (Phi) is 5.93. The number of para-hydroxylation sites is 1. The summed E-state index contributed by atoms with van der Waals surface area (Å²) >= 11 is 0. The number of carbonyl (C=O) groups excluding carboxylic acids is 2. The summed E-state index contributed by atoms with van der Waals surface area (Å²) in [6, 6.07) is 15.1. The summed E-state index contributed by atoms with van der Waals surface area (Å²) in [7, 11) is 1.57. The lowest BCUT2D eigenvalue weighted by molar-refractivity contribution is -0.111. The van der Waals surface area contributed by atoms with E-state index in [0.29, 0.717) is 11.3 Å². The summed E-state index contributed by atoms with van der Waals surface area (Å²) < 4.78 is 1.86. The van der Waals surface area contributed by atoms with Crippen molar-refractivity contribution >= 4 is 23.6 Å². The van der Waals surface area contributed by atoms with E-state index in [2.05, 4.69) is 15.7 Å². The Bertz CT molecular complexity index is 1080. The highest BCUT2D eigenvalue weighted by atomic mass is 16.2. The molecule has 0 aliphatic heterocycles. The Morgan fingerprint density at radius 2 is 1.76 bits per heavy atom. The number of rotatable bonds is 5. The zero-order valence-electron chi connectivity index (χ0n) is 17.0. The number of nitrogens with zero attached hydrogens (tertiary/aromatic N) is 2. The largest absolute Gasteiger partial charge is 0.355 e. The van der Waals surface area contributed by atoms with E-state index >= 15 is 0 Å². The second-order valence-electron chi connectivity index (χ2n) is 6.76. The molecule has 0 saturated heterocycles. The third-order valence-corrected chi connectivity index (χ3v) is 4.73. The second kappa shape index (κ2) is 8.56. The summed E-state index contributed by atoms with van der Waals surface area (Å²) in [4.78, 5) is 24.3. The van der Waals surface area contributed by atoms with Crippen molar-refractivity contribution in [1.29, 1.82) is 0 Å². The fourth-order valence-electron chi connectivity index (χ4n) is 3.09. The van der Waals surface area contributed by atoms with Crippen molar-refractivity contribution in [1.82, 2.24) is 15.1 Å². The summed E-state index contributed by atoms with van der Waals surface area (Å²) in [5.41, 5.74) is 5.65. The first-order valence-electron chi connectivity index (χ1n) is 9.34. The van der Waals surface area contributed by atoms with Crippen LogP contribution in [-0.2, 0) is 4.79 Å². The lowest BCUT2D eigenvalue weighted by atomic mass is 10.1. The molecule has 6 heteroatoms. The van der Waals surface area contributed by atoms with Gasteiger partial charge in [-0.3, -0.25) is 9.59 Å². The van der Waals surface area contributed by atoms with Gasteiger partial charge in [0.1, 0.15) is 0 Å². The van der Waals surface area contributed by atoms with E-state index in [1.807, 2.05) is 61.9 Å². The maximum atomic E-state index is 12.5. The van der Waals surface area contributed by atoms with Crippen LogP contribution in [0.3, 0.4) is 0 Å². The first-order chi connectivity index (χ1) is 13.9. The van der Waals surface area contributed by atoms with Gasteiger partial charge in [-0.05, 0) is 56.7 Å². The van der Waals surface area contributed by atoms with Crippen LogP contribution in [0.1, 0.15) is 32.9 Å². The Balaban J connectivity index is 1.80. The highest BCUT2D eigenvalue weighted by molar-refractivity contribution is 6.03. The van der Waals surface area contributed by atoms with Crippen LogP contribution in [0.2, 0.25) is 0 Å². The van der Waals surface area contributed by atoms with Gasteiger partial charge < -0.3 is 10.6 Å². The van der Waals surface area contributed by atoms with E-state index < -0.39 is 0 Å². The van der Waals surface area contributed by atoms with Gasteiger partial charge in [0.2, 0.25) is 5.91 Å². The number of amides is 2. The van der Waals surface area contributed by atoms with Gasteiger partial charge in [0.05, 0.1) is 11.4 Å². The van der Waals surface area contributed by atoms with E-state index in [4.69, 9.17) is 0 Å². The van der Waals surface area contributed by atoms with Crippen molar-refractivity contribution in [3.8, 4) is 5.69 Å². The molecule has 1 aromatic heterocycles. The topological polar surface area (TPSA) is 76.0 Å². The minimum atomic E-state index is -0.270. The van der Waals surface area contributed by atoms with Gasteiger partial charge in [0.25, 0.3) is 5.91 Å². The molecule has 2 N–H and O–H groups in total. The molecule has 2 amide bonds. The molecule has 148 valence electrons. The number of hydrogen-bond donors (Lipinski definition) is 2. The Labute approximate surface area is 170 Å². The average Bonchev–Trinajstić information content (AvgIpc) is 3.01. The minimum absolute atomic E-state index is 0.199. The molecule has 3 rings (SSSR count). The van der Waals surface area contributed by atoms with Crippen LogP contribution >= 0.6 is 0 Å². The van der Waals surface area contributed by atoms with E-state index in [1.165, 1.54) is 6.08 Å². The van der Waals surface area contributed by atoms with Crippen LogP contribution in [0.25, 0.3) is 11.8 Å². The van der Waals surface area contributed by atoms with Crippen molar-refractivity contribution in [2.75, 3.05) is 12.4 Å². The molecule has 0 atom stereocenters. The lowest BCUT2D eigenvalue weighted by Gasteiger charge is -2.09. The summed E-state index contributed by atoms with van der Waals surface area (Å²) in [6.45, 7) is 5.77. The molecule has 0 unspecified atom stereocenters. The maximum absolute atomic E-state index is 12.5. The highest BCUT2D eigenvalue weighted by Crippen LogP contribution is 2.20. The molecular formula is C23H24N4O2. The standard InChI is InChI=1S/C23H24N4O2/c1-15-10-11-18(23(29)24-4)14-21(15)25-22(28)13-12-20-16(2)26-27(17(20)3)19-8-6-5-7-9-19/h5-14H,1-4H3,(H,24,29)(H,25,28)/b13-12+. The smallest absolute Gasteiger partial charge is 0.251 e. The maximum Gasteiger partial charge on any atom is 0.251 e. The first-order valence-corrected chi connectivity index (χ1v) is 9.34. The number of nitrogens with one attached hydrogen (secondary N) is 2. The Morgan fingerprint density at radius 1 is 1.03 bits per heavy atom. The second-order valence-corrected chi connectivity index (χ2v) is 6.76. The number of carbonyl (C=O) groups is 2. The molecular weight excluding hydrogens is 364 g/mol. The fourth-order valence-corrected chi connectivity index (χ4v) is 3.09. The third-order valence-electron chi connectivity index (χ3n) is 4.73. The van der Waals surface area contributed by atoms with E-state index in [1.54, 1.807) is 25.3 Å². The summed E-state index contributed by atoms with van der Waals surface area (Å²) in [6.07, 6.45) is 3.25.